The maximum Gasteiger partial charge on any atom is 0.270 e. The van der Waals surface area contributed by atoms with Crippen LogP contribution >= 0.6 is 35.0 Å². The van der Waals surface area contributed by atoms with E-state index in [9.17, 15) is 4.79 Å². The first-order valence-corrected chi connectivity index (χ1v) is 6.55. The van der Waals surface area contributed by atoms with Crippen molar-refractivity contribution in [2.45, 2.75) is 25.9 Å². The number of amides is 1. The average Bonchev–Trinajstić information content (AvgIpc) is 2.68. The van der Waals surface area contributed by atoms with Crippen molar-refractivity contribution in [3.05, 3.63) is 21.5 Å². The highest BCUT2D eigenvalue weighted by Gasteiger charge is 2.29. The Hall–Kier alpha value is -0.270. The van der Waals surface area contributed by atoms with E-state index in [-0.39, 0.29) is 24.4 Å². The van der Waals surface area contributed by atoms with Gasteiger partial charge < -0.3 is 15.2 Å². The Morgan fingerprint density at radius 1 is 1.53 bits per heavy atom. The Labute approximate surface area is 121 Å². The highest BCUT2D eigenvalue weighted by atomic mass is 127. The van der Waals surface area contributed by atoms with Crippen LogP contribution in [0.15, 0.2) is 12.3 Å². The molecule has 17 heavy (non-hydrogen) atoms. The summed E-state index contributed by atoms with van der Waals surface area (Å²) in [4.78, 5) is 17.2. The van der Waals surface area contributed by atoms with Crippen LogP contribution in [0.4, 0.5) is 0 Å². The van der Waals surface area contributed by atoms with E-state index in [0.29, 0.717) is 11.7 Å². The van der Waals surface area contributed by atoms with Crippen molar-refractivity contribution in [3.8, 4) is 0 Å². The molecule has 0 aromatic carbocycles. The molecule has 2 atom stereocenters. The van der Waals surface area contributed by atoms with E-state index in [1.165, 1.54) is 0 Å². The summed E-state index contributed by atoms with van der Waals surface area (Å²) in [7, 11) is 0. The summed E-state index contributed by atoms with van der Waals surface area (Å²) in [6.45, 7) is 5.85. The molecule has 2 unspecified atom stereocenters. The fourth-order valence-electron chi connectivity index (χ4n) is 1.99. The number of carbonyl (C=O) groups excluding carboxylic acids is 1. The van der Waals surface area contributed by atoms with Crippen LogP contribution in [0.2, 0.25) is 0 Å². The zero-order valence-electron chi connectivity index (χ0n) is 9.87. The van der Waals surface area contributed by atoms with Gasteiger partial charge in [-0.3, -0.25) is 4.79 Å². The topological polar surface area (TPSA) is 48.1 Å². The lowest BCUT2D eigenvalue weighted by Crippen LogP contribution is -2.57. The zero-order chi connectivity index (χ0) is 11.7. The molecule has 1 aromatic heterocycles. The first kappa shape index (κ1) is 14.8. The van der Waals surface area contributed by atoms with E-state index >= 15 is 0 Å². The van der Waals surface area contributed by atoms with Crippen LogP contribution in [0.1, 0.15) is 24.3 Å². The van der Waals surface area contributed by atoms with Gasteiger partial charge in [-0.05, 0) is 42.5 Å². The molecule has 0 spiro atoms. The Kier molecular flexibility index (Phi) is 5.27. The Morgan fingerprint density at radius 3 is 2.82 bits per heavy atom. The molecule has 0 radical (unpaired) electrons. The number of carbonyl (C=O) groups is 1. The van der Waals surface area contributed by atoms with E-state index in [1.807, 2.05) is 17.2 Å². The first-order chi connectivity index (χ1) is 7.59. The van der Waals surface area contributed by atoms with Gasteiger partial charge in [0.1, 0.15) is 5.69 Å². The van der Waals surface area contributed by atoms with Crippen molar-refractivity contribution in [1.29, 1.82) is 0 Å². The molecule has 2 N–H and O–H groups in total. The average molecular weight is 370 g/mol. The lowest BCUT2D eigenvalue weighted by Gasteiger charge is -2.38. The molecule has 6 heteroatoms. The van der Waals surface area contributed by atoms with E-state index in [2.05, 4.69) is 46.7 Å². The Morgan fingerprint density at radius 2 is 2.24 bits per heavy atom. The van der Waals surface area contributed by atoms with Crippen LogP contribution in [0.5, 0.6) is 0 Å². The molecule has 1 aliphatic heterocycles. The Bertz CT molecular complexity index is 396. The number of nitrogens with zero attached hydrogens (tertiary/aromatic N) is 1. The summed E-state index contributed by atoms with van der Waals surface area (Å²) in [5.74, 6) is 0.101. The van der Waals surface area contributed by atoms with E-state index in [1.54, 1.807) is 0 Å². The van der Waals surface area contributed by atoms with Gasteiger partial charge in [0.25, 0.3) is 5.91 Å². The fraction of sp³-hybridized carbons (Fsp3) is 0.545. The highest BCUT2D eigenvalue weighted by Crippen LogP contribution is 2.14. The molecule has 0 saturated carbocycles. The highest BCUT2D eigenvalue weighted by molar-refractivity contribution is 14.1. The standard InChI is InChI=1S/C11H16IN3O.ClH/c1-7-8(2)15(4-3-13-7)11(16)10-5-9(12)6-14-10;/h5-8,13-14H,3-4H2,1-2H3;1H. The lowest BCUT2D eigenvalue weighted by molar-refractivity contribution is 0.0597. The van der Waals surface area contributed by atoms with Gasteiger partial charge in [0, 0.05) is 34.9 Å². The summed E-state index contributed by atoms with van der Waals surface area (Å²) in [6.07, 6.45) is 1.85. The summed E-state index contributed by atoms with van der Waals surface area (Å²) >= 11 is 2.20. The predicted octanol–water partition coefficient (Wildman–Crippen LogP) is 1.86. The van der Waals surface area contributed by atoms with Crippen LogP contribution in [0, 0.1) is 3.57 Å². The molecule has 1 saturated heterocycles. The molecule has 1 fully saturated rings. The third-order valence-electron chi connectivity index (χ3n) is 3.17. The maximum atomic E-state index is 12.2. The van der Waals surface area contributed by atoms with Gasteiger partial charge in [-0.25, -0.2) is 0 Å². The molecular formula is C11H17ClIN3O. The molecule has 4 nitrogen and oxygen atoms in total. The maximum absolute atomic E-state index is 12.2. The van der Waals surface area contributed by atoms with Gasteiger partial charge in [-0.2, -0.15) is 0 Å². The minimum Gasteiger partial charge on any atom is -0.356 e. The van der Waals surface area contributed by atoms with Crippen molar-refractivity contribution >= 4 is 40.9 Å². The number of halogens is 2. The smallest absolute Gasteiger partial charge is 0.270 e. The normalized spacial score (nSPS) is 24.3. The number of nitrogens with one attached hydrogen (secondary N) is 2. The quantitative estimate of drug-likeness (QED) is 0.743. The predicted molar refractivity (Wildman–Crippen MR) is 78.7 cm³/mol. The van der Waals surface area contributed by atoms with Crippen molar-refractivity contribution in [3.63, 3.8) is 0 Å². The molecule has 2 heterocycles. The number of H-pyrrole nitrogens is 1. The van der Waals surface area contributed by atoms with Crippen LogP contribution in [0.25, 0.3) is 0 Å². The van der Waals surface area contributed by atoms with Gasteiger partial charge >= 0.3 is 0 Å². The van der Waals surface area contributed by atoms with Crippen LogP contribution in [0.3, 0.4) is 0 Å². The molecular weight excluding hydrogens is 352 g/mol. The summed E-state index contributed by atoms with van der Waals surface area (Å²) in [5, 5.41) is 3.37. The van der Waals surface area contributed by atoms with Crippen molar-refractivity contribution in [1.82, 2.24) is 15.2 Å². The van der Waals surface area contributed by atoms with E-state index in [0.717, 1.165) is 16.7 Å². The van der Waals surface area contributed by atoms with E-state index < -0.39 is 0 Å². The Balaban J connectivity index is 0.00000144. The van der Waals surface area contributed by atoms with Crippen molar-refractivity contribution in [2.24, 2.45) is 0 Å². The van der Waals surface area contributed by atoms with Crippen LogP contribution in [-0.4, -0.2) is 41.0 Å². The van der Waals surface area contributed by atoms with Crippen molar-refractivity contribution in [2.75, 3.05) is 13.1 Å². The lowest BCUT2D eigenvalue weighted by atomic mass is 10.1. The molecule has 1 aliphatic rings. The monoisotopic (exact) mass is 369 g/mol. The van der Waals surface area contributed by atoms with Gasteiger partial charge in [0.15, 0.2) is 0 Å². The number of aromatic amines is 1. The summed E-state index contributed by atoms with van der Waals surface area (Å²) in [5.41, 5.74) is 0.686. The number of piperazine rings is 1. The molecule has 1 aromatic rings. The van der Waals surface area contributed by atoms with Crippen LogP contribution < -0.4 is 5.32 Å². The molecule has 2 rings (SSSR count). The molecule has 0 aliphatic carbocycles. The van der Waals surface area contributed by atoms with Crippen LogP contribution in [-0.2, 0) is 0 Å². The minimum absolute atomic E-state index is 0. The third-order valence-corrected chi connectivity index (χ3v) is 3.80. The zero-order valence-corrected chi connectivity index (χ0v) is 12.8. The summed E-state index contributed by atoms with van der Waals surface area (Å²) in [6, 6.07) is 2.48. The second-order valence-electron chi connectivity index (χ2n) is 4.21. The molecule has 0 bridgehead atoms. The fourth-order valence-corrected chi connectivity index (χ4v) is 2.46. The van der Waals surface area contributed by atoms with Gasteiger partial charge in [0.05, 0.1) is 0 Å². The largest absolute Gasteiger partial charge is 0.356 e. The molecule has 96 valence electrons. The van der Waals surface area contributed by atoms with Crippen molar-refractivity contribution < 1.29 is 4.79 Å². The second-order valence-corrected chi connectivity index (χ2v) is 5.46. The van der Waals surface area contributed by atoms with Gasteiger partial charge in [-0.1, -0.05) is 0 Å². The number of aromatic nitrogens is 1. The number of hydrogen-bond acceptors (Lipinski definition) is 2. The minimum atomic E-state index is 0. The first-order valence-electron chi connectivity index (χ1n) is 5.48. The summed E-state index contributed by atoms with van der Waals surface area (Å²) < 4.78 is 1.07. The number of rotatable bonds is 1. The number of hydrogen-bond donors (Lipinski definition) is 2. The third kappa shape index (κ3) is 3.14. The van der Waals surface area contributed by atoms with E-state index in [4.69, 9.17) is 0 Å². The SMILES string of the molecule is CC1NCCN(C(=O)c2cc(I)c[nH]2)C1C.Cl. The van der Waals surface area contributed by atoms with Gasteiger partial charge in [-0.15, -0.1) is 12.4 Å². The second kappa shape index (κ2) is 6.06. The molecule has 1 amide bonds. The van der Waals surface area contributed by atoms with Gasteiger partial charge in [0.2, 0.25) is 0 Å².